The van der Waals surface area contributed by atoms with Crippen molar-refractivity contribution >= 4 is 6.09 Å². The van der Waals surface area contributed by atoms with E-state index in [4.69, 9.17) is 9.47 Å². The number of hydrogen-bond donors (Lipinski definition) is 0. The van der Waals surface area contributed by atoms with Gasteiger partial charge in [0.25, 0.3) is 0 Å². The quantitative estimate of drug-likeness (QED) is 0.656. The topological polar surface area (TPSA) is 82.4 Å². The summed E-state index contributed by atoms with van der Waals surface area (Å²) in [6.07, 6.45) is 5.14. The summed E-state index contributed by atoms with van der Waals surface area (Å²) in [4.78, 5) is 18.4. The largest absolute Gasteiger partial charge is 0.444 e. The molecule has 0 aromatic carbocycles. The molecule has 0 spiro atoms. The molecule has 1 saturated carbocycles. The minimum Gasteiger partial charge on any atom is -0.444 e. The Morgan fingerprint density at radius 1 is 1.24 bits per heavy atom. The van der Waals surface area contributed by atoms with Gasteiger partial charge >= 0.3 is 6.09 Å². The molecular formula is C23H31F2N5O3. The van der Waals surface area contributed by atoms with Crippen LogP contribution in [0.2, 0.25) is 0 Å². The van der Waals surface area contributed by atoms with Crippen molar-refractivity contribution < 1.29 is 23.0 Å². The van der Waals surface area contributed by atoms with Crippen LogP contribution < -0.4 is 0 Å². The van der Waals surface area contributed by atoms with E-state index in [1.165, 1.54) is 0 Å². The first-order valence-corrected chi connectivity index (χ1v) is 11.4. The van der Waals surface area contributed by atoms with Gasteiger partial charge in [0.05, 0.1) is 24.9 Å². The third kappa shape index (κ3) is 6.04. The molecule has 2 aromatic rings. The fourth-order valence-electron chi connectivity index (χ4n) is 4.26. The zero-order chi connectivity index (χ0) is 23.6. The third-order valence-corrected chi connectivity index (χ3v) is 6.08. The zero-order valence-electron chi connectivity index (χ0n) is 19.3. The molecule has 2 aromatic heterocycles. The van der Waals surface area contributed by atoms with E-state index in [0.29, 0.717) is 38.2 Å². The molecule has 1 aliphatic carbocycles. The van der Waals surface area contributed by atoms with Crippen molar-refractivity contribution in [3.05, 3.63) is 30.7 Å². The summed E-state index contributed by atoms with van der Waals surface area (Å²) in [6, 6.07) is 3.46. The van der Waals surface area contributed by atoms with Gasteiger partial charge in [-0.15, -0.1) is 5.10 Å². The van der Waals surface area contributed by atoms with E-state index in [1.807, 2.05) is 39.1 Å². The highest BCUT2D eigenvalue weighted by atomic mass is 19.3. The lowest BCUT2D eigenvalue weighted by atomic mass is 9.87. The summed E-state index contributed by atoms with van der Waals surface area (Å²) < 4.78 is 40.5. The summed E-state index contributed by atoms with van der Waals surface area (Å²) >= 11 is 0. The molecule has 33 heavy (non-hydrogen) atoms. The second-order valence-corrected chi connectivity index (χ2v) is 9.95. The van der Waals surface area contributed by atoms with Crippen LogP contribution in [0.1, 0.15) is 52.5 Å². The average molecular weight is 464 g/mol. The highest BCUT2D eigenvalue weighted by Crippen LogP contribution is 2.37. The van der Waals surface area contributed by atoms with Gasteiger partial charge in [-0.1, -0.05) is 5.21 Å². The maximum atomic E-state index is 13.5. The number of rotatable bonds is 5. The Labute approximate surface area is 192 Å². The van der Waals surface area contributed by atoms with Crippen LogP contribution in [0.3, 0.4) is 0 Å². The van der Waals surface area contributed by atoms with Crippen molar-refractivity contribution in [3.8, 4) is 11.3 Å². The predicted molar refractivity (Wildman–Crippen MR) is 117 cm³/mol. The number of amides is 1. The monoisotopic (exact) mass is 463 g/mol. The first-order chi connectivity index (χ1) is 15.6. The molecule has 1 saturated heterocycles. The fourth-order valence-corrected chi connectivity index (χ4v) is 4.26. The van der Waals surface area contributed by atoms with Crippen LogP contribution in [0.4, 0.5) is 13.6 Å². The van der Waals surface area contributed by atoms with E-state index >= 15 is 0 Å². The summed E-state index contributed by atoms with van der Waals surface area (Å²) in [5.74, 6) is -2.48. The Kier molecular flexibility index (Phi) is 6.65. The fraction of sp³-hybridized carbons (Fsp3) is 0.652. The molecule has 1 aliphatic heterocycles. The molecule has 4 rings (SSSR count). The first-order valence-electron chi connectivity index (χ1n) is 11.4. The number of hydrogen-bond acceptors (Lipinski definition) is 6. The van der Waals surface area contributed by atoms with Gasteiger partial charge in [-0.25, -0.2) is 18.3 Å². The molecule has 8 nitrogen and oxygen atoms in total. The highest BCUT2D eigenvalue weighted by Gasteiger charge is 2.41. The van der Waals surface area contributed by atoms with Crippen molar-refractivity contribution in [2.24, 2.45) is 5.92 Å². The smallest absolute Gasteiger partial charge is 0.410 e. The van der Waals surface area contributed by atoms with Crippen molar-refractivity contribution in [3.63, 3.8) is 0 Å². The van der Waals surface area contributed by atoms with Crippen LogP contribution in [-0.4, -0.2) is 68.3 Å². The molecule has 2 atom stereocenters. The van der Waals surface area contributed by atoms with Crippen molar-refractivity contribution in [1.29, 1.82) is 0 Å². The molecule has 2 aliphatic rings. The van der Waals surface area contributed by atoms with E-state index in [2.05, 4.69) is 15.3 Å². The Bertz CT molecular complexity index is 937. The average Bonchev–Trinajstić information content (AvgIpc) is 3.40. The van der Waals surface area contributed by atoms with E-state index < -0.39 is 17.6 Å². The number of pyridine rings is 1. The molecule has 0 unspecified atom stereocenters. The second-order valence-electron chi connectivity index (χ2n) is 9.95. The molecule has 0 N–H and O–H groups in total. The van der Waals surface area contributed by atoms with Gasteiger partial charge in [-0.05, 0) is 51.7 Å². The Balaban J connectivity index is 1.47. The summed E-state index contributed by atoms with van der Waals surface area (Å²) in [5, 5.41) is 8.55. The van der Waals surface area contributed by atoms with Crippen LogP contribution >= 0.6 is 0 Å². The third-order valence-electron chi connectivity index (χ3n) is 6.08. The Morgan fingerprint density at radius 2 is 2.00 bits per heavy atom. The number of ether oxygens (including phenoxy) is 2. The normalized spacial score (nSPS) is 23.6. The van der Waals surface area contributed by atoms with E-state index in [1.54, 1.807) is 22.0 Å². The minimum atomic E-state index is -2.57. The molecule has 3 heterocycles. The summed E-state index contributed by atoms with van der Waals surface area (Å²) in [6.45, 7) is 6.54. The van der Waals surface area contributed by atoms with Gasteiger partial charge in [-0.2, -0.15) is 0 Å². The number of likely N-dealkylation sites (tertiary alicyclic amines) is 1. The van der Waals surface area contributed by atoms with E-state index in [0.717, 1.165) is 5.56 Å². The summed E-state index contributed by atoms with van der Waals surface area (Å²) in [5.41, 5.74) is 0.901. The van der Waals surface area contributed by atoms with Crippen LogP contribution in [0.5, 0.6) is 0 Å². The van der Waals surface area contributed by atoms with Crippen LogP contribution in [0, 0.1) is 5.92 Å². The molecule has 0 bridgehead atoms. The van der Waals surface area contributed by atoms with Gasteiger partial charge in [0.2, 0.25) is 5.92 Å². The molecular weight excluding hydrogens is 432 g/mol. The van der Waals surface area contributed by atoms with Crippen LogP contribution in [0.25, 0.3) is 11.3 Å². The van der Waals surface area contributed by atoms with Gasteiger partial charge < -0.3 is 14.4 Å². The van der Waals surface area contributed by atoms with Gasteiger partial charge in [0.1, 0.15) is 11.3 Å². The van der Waals surface area contributed by atoms with E-state index in [9.17, 15) is 13.6 Å². The predicted octanol–water partition coefficient (Wildman–Crippen LogP) is 4.34. The number of carbonyl (C=O) groups is 1. The molecule has 10 heteroatoms. The standard InChI is InChI=1S/C23H31F2N5O3/c1-22(2,3)33-21(31)29-13-19(30-12-18(27-28-30)17-5-4-10-26-11-17)20(14-29)32-15-16-6-8-23(24,25)9-7-16/h4-5,10-12,16,19-20H,6-9,13-15H2,1-3H3/t19-,20-/m1/s1. The lowest BCUT2D eigenvalue weighted by Crippen LogP contribution is -2.36. The van der Waals surface area contributed by atoms with Crippen LogP contribution in [-0.2, 0) is 9.47 Å². The maximum absolute atomic E-state index is 13.5. The van der Waals surface area contributed by atoms with Crippen molar-refractivity contribution in [2.45, 2.75) is 70.1 Å². The molecule has 180 valence electrons. The van der Waals surface area contributed by atoms with Gasteiger partial charge in [0.15, 0.2) is 0 Å². The molecule has 2 fully saturated rings. The van der Waals surface area contributed by atoms with Crippen LogP contribution in [0.15, 0.2) is 30.7 Å². The molecule has 0 radical (unpaired) electrons. The lowest BCUT2D eigenvalue weighted by Gasteiger charge is -2.29. The zero-order valence-corrected chi connectivity index (χ0v) is 19.3. The number of aromatic nitrogens is 4. The SMILES string of the molecule is CC(C)(C)OC(=O)N1C[C@@H](n2cc(-c3cccnc3)nn2)[C@H](OCC2CCC(F)(F)CC2)C1. The maximum Gasteiger partial charge on any atom is 0.410 e. The molecule has 1 amide bonds. The summed E-state index contributed by atoms with van der Waals surface area (Å²) in [7, 11) is 0. The van der Waals surface area contributed by atoms with E-state index in [-0.39, 0.29) is 30.9 Å². The number of halogens is 2. The number of nitrogens with zero attached hydrogens (tertiary/aromatic N) is 5. The second kappa shape index (κ2) is 9.32. The Hall–Kier alpha value is -2.62. The van der Waals surface area contributed by atoms with Crippen molar-refractivity contribution in [1.82, 2.24) is 24.9 Å². The van der Waals surface area contributed by atoms with Gasteiger partial charge in [0, 0.05) is 44.0 Å². The Morgan fingerprint density at radius 3 is 2.67 bits per heavy atom. The minimum absolute atomic E-state index is 0.0857. The van der Waals surface area contributed by atoms with Crippen molar-refractivity contribution in [2.75, 3.05) is 19.7 Å². The lowest BCUT2D eigenvalue weighted by molar-refractivity contribution is -0.0648. The number of alkyl halides is 2. The van der Waals surface area contributed by atoms with Gasteiger partial charge in [-0.3, -0.25) is 4.98 Å². The first kappa shape index (κ1) is 23.5. The number of carbonyl (C=O) groups excluding carboxylic acids is 1. The highest BCUT2D eigenvalue weighted by molar-refractivity contribution is 5.68.